The van der Waals surface area contributed by atoms with Gasteiger partial charge >= 0.3 is 0 Å². The first-order chi connectivity index (χ1) is 12.1. The third kappa shape index (κ3) is 3.74. The van der Waals surface area contributed by atoms with Gasteiger partial charge in [0.05, 0.1) is 17.9 Å². The molecule has 0 saturated carbocycles. The standard InChI is InChI=1S/C19H20N2O4/c1-3-10-24-16-7-5-4-6-14(16)19(23)20-13-8-9-17-15(11-13)21-18(22)12(2)25-17/h4-9,11-12H,3,10H2,1-2H3,(H,20,23)(H,21,22)/t12-/m1/s1. The lowest BCUT2D eigenvalue weighted by Gasteiger charge is -2.23. The molecule has 130 valence electrons. The van der Waals surface area contributed by atoms with Gasteiger partial charge < -0.3 is 20.1 Å². The highest BCUT2D eigenvalue weighted by molar-refractivity contribution is 6.07. The average Bonchev–Trinajstić information content (AvgIpc) is 2.61. The van der Waals surface area contributed by atoms with Crippen molar-refractivity contribution in [3.05, 3.63) is 48.0 Å². The van der Waals surface area contributed by atoms with E-state index in [1.807, 2.05) is 13.0 Å². The van der Waals surface area contributed by atoms with Crippen LogP contribution in [0.5, 0.6) is 11.5 Å². The van der Waals surface area contributed by atoms with Crippen LogP contribution in [0.1, 0.15) is 30.6 Å². The summed E-state index contributed by atoms with van der Waals surface area (Å²) in [4.78, 5) is 24.3. The zero-order valence-electron chi connectivity index (χ0n) is 14.2. The lowest BCUT2D eigenvalue weighted by atomic mass is 10.1. The van der Waals surface area contributed by atoms with Gasteiger partial charge in [0.25, 0.3) is 11.8 Å². The van der Waals surface area contributed by atoms with E-state index in [9.17, 15) is 9.59 Å². The molecule has 1 heterocycles. The fourth-order valence-corrected chi connectivity index (χ4v) is 2.48. The van der Waals surface area contributed by atoms with Crippen LogP contribution < -0.4 is 20.1 Å². The highest BCUT2D eigenvalue weighted by atomic mass is 16.5. The Morgan fingerprint density at radius 2 is 2.08 bits per heavy atom. The van der Waals surface area contributed by atoms with Crippen LogP contribution >= 0.6 is 0 Å². The fraction of sp³-hybridized carbons (Fsp3) is 0.263. The Morgan fingerprint density at radius 3 is 2.88 bits per heavy atom. The van der Waals surface area contributed by atoms with Crippen molar-refractivity contribution in [1.82, 2.24) is 0 Å². The van der Waals surface area contributed by atoms with E-state index in [0.29, 0.717) is 35.0 Å². The van der Waals surface area contributed by atoms with Gasteiger partial charge in [0.15, 0.2) is 6.10 Å². The third-order valence-electron chi connectivity index (χ3n) is 3.76. The van der Waals surface area contributed by atoms with Gasteiger partial charge in [-0.25, -0.2) is 0 Å². The molecule has 2 amide bonds. The summed E-state index contributed by atoms with van der Waals surface area (Å²) in [5.41, 5.74) is 1.56. The molecule has 0 aliphatic carbocycles. The Morgan fingerprint density at radius 1 is 1.28 bits per heavy atom. The number of benzene rings is 2. The highest BCUT2D eigenvalue weighted by Gasteiger charge is 2.23. The number of carbonyl (C=O) groups is 2. The van der Waals surface area contributed by atoms with Gasteiger partial charge in [-0.1, -0.05) is 19.1 Å². The number of ether oxygens (including phenoxy) is 2. The summed E-state index contributed by atoms with van der Waals surface area (Å²) in [6.07, 6.45) is 0.328. The molecule has 0 aromatic heterocycles. The molecule has 2 aromatic carbocycles. The normalized spacial score (nSPS) is 15.6. The van der Waals surface area contributed by atoms with Crippen LogP contribution in [0.15, 0.2) is 42.5 Å². The topological polar surface area (TPSA) is 76.7 Å². The number of nitrogens with one attached hydrogen (secondary N) is 2. The van der Waals surface area contributed by atoms with Gasteiger partial charge in [-0.3, -0.25) is 9.59 Å². The van der Waals surface area contributed by atoms with E-state index in [1.54, 1.807) is 43.3 Å². The Balaban J connectivity index is 1.78. The average molecular weight is 340 g/mol. The van der Waals surface area contributed by atoms with Crippen LogP contribution in [0.3, 0.4) is 0 Å². The minimum absolute atomic E-state index is 0.214. The van der Waals surface area contributed by atoms with Crippen molar-refractivity contribution < 1.29 is 19.1 Å². The Labute approximate surface area is 146 Å². The molecule has 25 heavy (non-hydrogen) atoms. The largest absolute Gasteiger partial charge is 0.493 e. The van der Waals surface area contributed by atoms with Crippen LogP contribution in [-0.4, -0.2) is 24.5 Å². The zero-order chi connectivity index (χ0) is 17.8. The van der Waals surface area contributed by atoms with Gasteiger partial charge in [-0.05, 0) is 43.7 Å². The van der Waals surface area contributed by atoms with E-state index in [0.717, 1.165) is 6.42 Å². The summed E-state index contributed by atoms with van der Waals surface area (Å²) in [6, 6.07) is 12.2. The van der Waals surface area contributed by atoms with E-state index in [2.05, 4.69) is 10.6 Å². The van der Waals surface area contributed by atoms with E-state index < -0.39 is 6.10 Å². The molecule has 1 aliphatic heterocycles. The number of para-hydroxylation sites is 1. The summed E-state index contributed by atoms with van der Waals surface area (Å²) in [5, 5.41) is 5.59. The molecular formula is C19H20N2O4. The Kier molecular flexibility index (Phi) is 4.88. The first-order valence-electron chi connectivity index (χ1n) is 8.23. The molecule has 0 unspecified atom stereocenters. The van der Waals surface area contributed by atoms with Crippen molar-refractivity contribution in [3.63, 3.8) is 0 Å². The van der Waals surface area contributed by atoms with Crippen molar-refractivity contribution in [2.45, 2.75) is 26.4 Å². The number of hydrogen-bond acceptors (Lipinski definition) is 4. The summed E-state index contributed by atoms with van der Waals surface area (Å²) in [5.74, 6) is 0.638. The van der Waals surface area contributed by atoms with Crippen molar-refractivity contribution in [1.29, 1.82) is 0 Å². The molecule has 6 heteroatoms. The van der Waals surface area contributed by atoms with Gasteiger partial charge in [0.2, 0.25) is 0 Å². The summed E-state index contributed by atoms with van der Waals surface area (Å²) >= 11 is 0. The Hall–Kier alpha value is -3.02. The van der Waals surface area contributed by atoms with E-state index >= 15 is 0 Å². The number of anilines is 2. The molecule has 2 aromatic rings. The lowest BCUT2D eigenvalue weighted by Crippen LogP contribution is -2.34. The molecule has 0 radical (unpaired) electrons. The summed E-state index contributed by atoms with van der Waals surface area (Å²) in [6.45, 7) is 4.24. The number of rotatable bonds is 5. The van der Waals surface area contributed by atoms with Gasteiger partial charge in [-0.15, -0.1) is 0 Å². The van der Waals surface area contributed by atoms with Gasteiger partial charge in [0, 0.05) is 5.69 Å². The minimum Gasteiger partial charge on any atom is -0.493 e. The van der Waals surface area contributed by atoms with Gasteiger partial charge in [-0.2, -0.15) is 0 Å². The highest BCUT2D eigenvalue weighted by Crippen LogP contribution is 2.32. The summed E-state index contributed by atoms with van der Waals surface area (Å²) < 4.78 is 11.1. The molecule has 3 rings (SSSR count). The molecule has 0 bridgehead atoms. The quantitative estimate of drug-likeness (QED) is 0.874. The Bertz CT molecular complexity index is 804. The molecule has 1 atom stereocenters. The smallest absolute Gasteiger partial charge is 0.265 e. The monoisotopic (exact) mass is 340 g/mol. The maximum absolute atomic E-state index is 12.6. The van der Waals surface area contributed by atoms with E-state index in [4.69, 9.17) is 9.47 Å². The minimum atomic E-state index is -0.532. The van der Waals surface area contributed by atoms with Crippen LogP contribution in [0.25, 0.3) is 0 Å². The lowest BCUT2D eigenvalue weighted by molar-refractivity contribution is -0.122. The third-order valence-corrected chi connectivity index (χ3v) is 3.76. The zero-order valence-corrected chi connectivity index (χ0v) is 14.2. The van der Waals surface area contributed by atoms with Crippen LogP contribution in [0.2, 0.25) is 0 Å². The predicted molar refractivity (Wildman–Crippen MR) is 95.3 cm³/mol. The second-order valence-electron chi connectivity index (χ2n) is 5.76. The van der Waals surface area contributed by atoms with E-state index in [1.165, 1.54) is 0 Å². The molecule has 6 nitrogen and oxygen atoms in total. The van der Waals surface area contributed by atoms with Crippen molar-refractivity contribution in [3.8, 4) is 11.5 Å². The van der Waals surface area contributed by atoms with Crippen LogP contribution in [-0.2, 0) is 4.79 Å². The van der Waals surface area contributed by atoms with Crippen molar-refractivity contribution in [2.75, 3.05) is 17.2 Å². The molecule has 0 saturated heterocycles. The second-order valence-corrected chi connectivity index (χ2v) is 5.76. The van der Waals surface area contributed by atoms with Gasteiger partial charge in [0.1, 0.15) is 11.5 Å². The van der Waals surface area contributed by atoms with Crippen molar-refractivity contribution >= 4 is 23.2 Å². The molecule has 2 N–H and O–H groups in total. The predicted octanol–water partition coefficient (Wildman–Crippen LogP) is 3.45. The molecular weight excluding hydrogens is 320 g/mol. The summed E-state index contributed by atoms with van der Waals surface area (Å²) in [7, 11) is 0. The number of hydrogen-bond donors (Lipinski definition) is 2. The number of amides is 2. The second kappa shape index (κ2) is 7.25. The first-order valence-corrected chi connectivity index (χ1v) is 8.23. The van der Waals surface area contributed by atoms with Crippen LogP contribution in [0.4, 0.5) is 11.4 Å². The molecule has 1 aliphatic rings. The van der Waals surface area contributed by atoms with Crippen molar-refractivity contribution in [2.24, 2.45) is 0 Å². The first kappa shape index (κ1) is 16.8. The maximum atomic E-state index is 12.6. The van der Waals surface area contributed by atoms with Crippen LogP contribution in [0, 0.1) is 0 Å². The fourth-order valence-electron chi connectivity index (χ4n) is 2.48. The molecule has 0 spiro atoms. The number of carbonyl (C=O) groups excluding carboxylic acids is 2. The maximum Gasteiger partial charge on any atom is 0.265 e. The van der Waals surface area contributed by atoms with E-state index in [-0.39, 0.29) is 11.8 Å². The number of fused-ring (bicyclic) bond motifs is 1. The SMILES string of the molecule is CCCOc1ccccc1C(=O)Nc1ccc2c(c1)NC(=O)[C@@H](C)O2. The molecule has 0 fully saturated rings.